The zero-order chi connectivity index (χ0) is 17.2. The van der Waals surface area contributed by atoms with Crippen LogP contribution in [0.3, 0.4) is 0 Å². The minimum atomic E-state index is 0.217. The van der Waals surface area contributed by atoms with Crippen molar-refractivity contribution in [2.75, 3.05) is 13.1 Å². The van der Waals surface area contributed by atoms with Gasteiger partial charge in [0, 0.05) is 49.8 Å². The Morgan fingerprint density at radius 3 is 2.48 bits per heavy atom. The van der Waals surface area contributed by atoms with E-state index in [1.165, 1.54) is 0 Å². The van der Waals surface area contributed by atoms with Gasteiger partial charge in [0.05, 0.1) is 6.04 Å². The van der Waals surface area contributed by atoms with Crippen LogP contribution in [0.15, 0.2) is 36.9 Å². The lowest BCUT2D eigenvalue weighted by atomic mass is 9.84. The van der Waals surface area contributed by atoms with Gasteiger partial charge in [0.1, 0.15) is 5.82 Å². The molecule has 2 aromatic heterocycles. The van der Waals surface area contributed by atoms with Crippen molar-refractivity contribution in [1.29, 1.82) is 0 Å². The van der Waals surface area contributed by atoms with Crippen LogP contribution in [0.4, 0.5) is 0 Å². The van der Waals surface area contributed by atoms with E-state index in [0.29, 0.717) is 18.0 Å². The monoisotopic (exact) mass is 340 g/mol. The van der Waals surface area contributed by atoms with E-state index in [9.17, 15) is 4.79 Å². The molecule has 0 radical (unpaired) electrons. The molecule has 1 aliphatic heterocycles. The molecule has 1 saturated heterocycles. The number of nitrogens with zero attached hydrogens (tertiary/aromatic N) is 4. The van der Waals surface area contributed by atoms with Gasteiger partial charge in [-0.3, -0.25) is 4.79 Å². The maximum absolute atomic E-state index is 13.0. The van der Waals surface area contributed by atoms with Gasteiger partial charge in [-0.1, -0.05) is 0 Å². The summed E-state index contributed by atoms with van der Waals surface area (Å²) in [4.78, 5) is 19.5. The van der Waals surface area contributed by atoms with Crippen molar-refractivity contribution in [3.8, 4) is 0 Å². The standard InChI is InChI=1S/C20H28N4O/c1-16-21-10-14-24(16)19-5-4-13-23(15-19)20(25)17-6-8-18(9-7-17)22-11-2-3-12-22/h2-3,10-12,14,17-19H,4-9,13,15H2,1H3. The number of rotatable bonds is 3. The summed E-state index contributed by atoms with van der Waals surface area (Å²) < 4.78 is 4.54. The molecule has 5 nitrogen and oxygen atoms in total. The molecule has 5 heteroatoms. The molecule has 3 heterocycles. The highest BCUT2D eigenvalue weighted by atomic mass is 16.2. The van der Waals surface area contributed by atoms with Gasteiger partial charge in [-0.15, -0.1) is 0 Å². The molecule has 1 atom stereocenters. The largest absolute Gasteiger partial charge is 0.351 e. The van der Waals surface area contributed by atoms with Crippen LogP contribution in [-0.4, -0.2) is 38.0 Å². The number of hydrogen-bond acceptors (Lipinski definition) is 2. The number of amides is 1. The van der Waals surface area contributed by atoms with E-state index in [4.69, 9.17) is 0 Å². The highest BCUT2D eigenvalue weighted by Gasteiger charge is 2.32. The first kappa shape index (κ1) is 16.4. The number of hydrogen-bond donors (Lipinski definition) is 0. The van der Waals surface area contributed by atoms with Gasteiger partial charge in [-0.05, 0) is 57.6 Å². The van der Waals surface area contributed by atoms with Crippen LogP contribution in [0.1, 0.15) is 56.4 Å². The fourth-order valence-electron chi connectivity index (χ4n) is 4.63. The van der Waals surface area contributed by atoms with Crippen molar-refractivity contribution in [3.63, 3.8) is 0 Å². The average Bonchev–Trinajstić information content (AvgIpc) is 3.33. The predicted octanol–water partition coefficient (Wildman–Crippen LogP) is 3.59. The molecule has 1 unspecified atom stereocenters. The van der Waals surface area contributed by atoms with E-state index in [2.05, 4.69) is 49.7 Å². The molecule has 0 spiro atoms. The number of carbonyl (C=O) groups is 1. The van der Waals surface area contributed by atoms with E-state index in [1.54, 1.807) is 0 Å². The number of carbonyl (C=O) groups excluding carboxylic acids is 1. The Bertz CT molecular complexity index is 697. The SMILES string of the molecule is Cc1nccn1C1CCCN(C(=O)C2CCC(n3cccc3)CC2)C1. The second kappa shape index (κ2) is 7.06. The van der Waals surface area contributed by atoms with Crippen LogP contribution in [-0.2, 0) is 4.79 Å². The number of imidazole rings is 1. The summed E-state index contributed by atoms with van der Waals surface area (Å²) >= 11 is 0. The van der Waals surface area contributed by atoms with E-state index < -0.39 is 0 Å². The molecule has 25 heavy (non-hydrogen) atoms. The summed E-state index contributed by atoms with van der Waals surface area (Å²) in [7, 11) is 0. The summed E-state index contributed by atoms with van der Waals surface area (Å²) in [6.45, 7) is 3.80. The van der Waals surface area contributed by atoms with E-state index in [0.717, 1.165) is 57.4 Å². The van der Waals surface area contributed by atoms with Crippen molar-refractivity contribution in [3.05, 3.63) is 42.7 Å². The van der Waals surface area contributed by atoms with Gasteiger partial charge in [0.2, 0.25) is 5.91 Å². The number of aryl methyl sites for hydroxylation is 1. The van der Waals surface area contributed by atoms with Gasteiger partial charge >= 0.3 is 0 Å². The molecule has 1 aliphatic carbocycles. The first-order chi connectivity index (χ1) is 12.2. The second-order valence-corrected chi connectivity index (χ2v) is 7.60. The van der Waals surface area contributed by atoms with Crippen molar-refractivity contribution < 1.29 is 4.79 Å². The van der Waals surface area contributed by atoms with Gasteiger partial charge in [-0.25, -0.2) is 4.98 Å². The lowest BCUT2D eigenvalue weighted by molar-refractivity contribution is -0.138. The maximum Gasteiger partial charge on any atom is 0.225 e. The third-order valence-electron chi connectivity index (χ3n) is 6.06. The quantitative estimate of drug-likeness (QED) is 0.857. The smallest absolute Gasteiger partial charge is 0.225 e. The normalized spacial score (nSPS) is 27.4. The first-order valence-corrected chi connectivity index (χ1v) is 9.63. The van der Waals surface area contributed by atoms with Crippen molar-refractivity contribution in [2.24, 2.45) is 5.92 Å². The Morgan fingerprint density at radius 1 is 1.04 bits per heavy atom. The Morgan fingerprint density at radius 2 is 1.80 bits per heavy atom. The second-order valence-electron chi connectivity index (χ2n) is 7.60. The molecule has 134 valence electrons. The van der Waals surface area contributed by atoms with Crippen molar-refractivity contribution in [1.82, 2.24) is 19.0 Å². The summed E-state index contributed by atoms with van der Waals surface area (Å²) in [5, 5.41) is 0. The van der Waals surface area contributed by atoms with Crippen LogP contribution in [0.2, 0.25) is 0 Å². The minimum Gasteiger partial charge on any atom is -0.351 e. The van der Waals surface area contributed by atoms with Crippen LogP contribution < -0.4 is 0 Å². The van der Waals surface area contributed by atoms with Crippen LogP contribution in [0.25, 0.3) is 0 Å². The van der Waals surface area contributed by atoms with Crippen LogP contribution >= 0.6 is 0 Å². The molecule has 2 fully saturated rings. The zero-order valence-corrected chi connectivity index (χ0v) is 15.1. The summed E-state index contributed by atoms with van der Waals surface area (Å²) in [5.74, 6) is 1.65. The Hall–Kier alpha value is -2.04. The van der Waals surface area contributed by atoms with Crippen molar-refractivity contribution >= 4 is 5.91 Å². The zero-order valence-electron chi connectivity index (χ0n) is 15.1. The van der Waals surface area contributed by atoms with Gasteiger partial charge in [0.15, 0.2) is 0 Å². The molecular formula is C20H28N4O. The molecule has 0 aromatic carbocycles. The minimum absolute atomic E-state index is 0.217. The molecule has 0 bridgehead atoms. The third-order valence-corrected chi connectivity index (χ3v) is 6.06. The Labute approximate surface area is 149 Å². The molecule has 0 N–H and O–H groups in total. The van der Waals surface area contributed by atoms with Crippen molar-refractivity contribution in [2.45, 2.75) is 57.5 Å². The number of piperidine rings is 1. The maximum atomic E-state index is 13.0. The van der Waals surface area contributed by atoms with E-state index >= 15 is 0 Å². The summed E-state index contributed by atoms with van der Waals surface area (Å²) in [5.41, 5.74) is 0. The predicted molar refractivity (Wildman–Crippen MR) is 97.2 cm³/mol. The highest BCUT2D eigenvalue weighted by molar-refractivity contribution is 5.79. The topological polar surface area (TPSA) is 43.1 Å². The lowest BCUT2D eigenvalue weighted by Gasteiger charge is -2.37. The molecule has 2 aromatic rings. The van der Waals surface area contributed by atoms with Crippen LogP contribution in [0, 0.1) is 12.8 Å². The van der Waals surface area contributed by atoms with E-state index in [-0.39, 0.29) is 5.92 Å². The lowest BCUT2D eigenvalue weighted by Crippen LogP contribution is -2.44. The third kappa shape index (κ3) is 3.37. The van der Waals surface area contributed by atoms with Gasteiger partial charge in [-0.2, -0.15) is 0 Å². The average molecular weight is 340 g/mol. The molecule has 1 amide bonds. The fraction of sp³-hybridized carbons (Fsp3) is 0.600. The molecule has 4 rings (SSSR count). The Balaban J connectivity index is 1.36. The number of aromatic nitrogens is 3. The van der Waals surface area contributed by atoms with Gasteiger partial charge < -0.3 is 14.0 Å². The van der Waals surface area contributed by atoms with Crippen LogP contribution in [0.5, 0.6) is 0 Å². The Kier molecular flexibility index (Phi) is 4.64. The summed E-state index contributed by atoms with van der Waals surface area (Å²) in [6.07, 6.45) is 14.7. The van der Waals surface area contributed by atoms with E-state index in [1.807, 2.05) is 13.1 Å². The molecule has 2 aliphatic rings. The molecular weight excluding hydrogens is 312 g/mol. The first-order valence-electron chi connectivity index (χ1n) is 9.63. The van der Waals surface area contributed by atoms with Gasteiger partial charge in [0.25, 0.3) is 0 Å². The highest BCUT2D eigenvalue weighted by Crippen LogP contribution is 2.34. The summed E-state index contributed by atoms with van der Waals surface area (Å²) in [6, 6.07) is 5.13. The number of likely N-dealkylation sites (tertiary alicyclic amines) is 1. The molecule has 1 saturated carbocycles. The fourth-order valence-corrected chi connectivity index (χ4v) is 4.63.